The van der Waals surface area contributed by atoms with E-state index in [1.54, 1.807) is 13.3 Å². The van der Waals surface area contributed by atoms with Crippen molar-refractivity contribution in [3.8, 4) is 17.1 Å². The largest absolute Gasteiger partial charge is 0.497 e. The van der Waals surface area contributed by atoms with Crippen molar-refractivity contribution in [3.05, 3.63) is 36.4 Å². The molecule has 6 nitrogen and oxygen atoms in total. The van der Waals surface area contributed by atoms with E-state index in [-0.39, 0.29) is 6.10 Å². The molecule has 1 atom stereocenters. The standard InChI is InChI=1S/C17H23N3O3/c1-20-7-8-22-15(12-20)9-18-11-17-19-10-16(23-17)13-3-5-14(21-2)6-4-13/h3-6,10,15,18H,7-9,11-12H2,1-2H3/t15-/m1/s1. The third-order valence-corrected chi connectivity index (χ3v) is 3.92. The summed E-state index contributed by atoms with van der Waals surface area (Å²) in [5, 5.41) is 3.35. The number of rotatable bonds is 6. The summed E-state index contributed by atoms with van der Waals surface area (Å²) in [6, 6.07) is 7.74. The van der Waals surface area contributed by atoms with Gasteiger partial charge in [-0.1, -0.05) is 0 Å². The van der Waals surface area contributed by atoms with E-state index in [0.29, 0.717) is 12.4 Å². The zero-order valence-corrected chi connectivity index (χ0v) is 13.6. The smallest absolute Gasteiger partial charge is 0.208 e. The molecule has 2 aromatic rings. The second-order valence-electron chi connectivity index (χ2n) is 5.73. The molecule has 3 rings (SSSR count). The third kappa shape index (κ3) is 4.31. The van der Waals surface area contributed by atoms with Crippen molar-refractivity contribution in [2.45, 2.75) is 12.6 Å². The summed E-state index contributed by atoms with van der Waals surface area (Å²) in [6.45, 7) is 4.14. The van der Waals surface area contributed by atoms with Gasteiger partial charge in [0.15, 0.2) is 5.76 Å². The molecule has 0 amide bonds. The first-order valence-corrected chi connectivity index (χ1v) is 7.84. The van der Waals surface area contributed by atoms with Gasteiger partial charge in [-0.05, 0) is 31.3 Å². The van der Waals surface area contributed by atoms with Gasteiger partial charge in [-0.15, -0.1) is 0 Å². The maximum absolute atomic E-state index is 5.79. The zero-order valence-electron chi connectivity index (χ0n) is 13.6. The van der Waals surface area contributed by atoms with Crippen LogP contribution in [0.2, 0.25) is 0 Å². The number of ether oxygens (including phenoxy) is 2. The van der Waals surface area contributed by atoms with Crippen molar-refractivity contribution in [1.82, 2.24) is 15.2 Å². The fourth-order valence-corrected chi connectivity index (χ4v) is 2.61. The number of hydrogen-bond donors (Lipinski definition) is 1. The Morgan fingerprint density at radius 1 is 1.35 bits per heavy atom. The van der Waals surface area contributed by atoms with Crippen LogP contribution in [0, 0.1) is 0 Å². The molecular weight excluding hydrogens is 294 g/mol. The van der Waals surface area contributed by atoms with Gasteiger partial charge < -0.3 is 24.1 Å². The highest BCUT2D eigenvalue weighted by atomic mass is 16.5. The van der Waals surface area contributed by atoms with E-state index in [2.05, 4.69) is 22.2 Å². The van der Waals surface area contributed by atoms with Gasteiger partial charge in [0.2, 0.25) is 5.89 Å². The number of oxazole rings is 1. The Morgan fingerprint density at radius 3 is 2.91 bits per heavy atom. The molecule has 1 saturated heterocycles. The second kappa shape index (κ2) is 7.59. The highest BCUT2D eigenvalue weighted by molar-refractivity contribution is 5.57. The van der Waals surface area contributed by atoms with Gasteiger partial charge in [0.1, 0.15) is 5.75 Å². The molecule has 1 aromatic carbocycles. The summed E-state index contributed by atoms with van der Waals surface area (Å²) in [5.41, 5.74) is 0.988. The Labute approximate surface area is 136 Å². The van der Waals surface area contributed by atoms with E-state index in [9.17, 15) is 0 Å². The Hall–Kier alpha value is -1.89. The summed E-state index contributed by atoms with van der Waals surface area (Å²) < 4.78 is 16.7. The molecule has 0 spiro atoms. The maximum atomic E-state index is 5.79. The monoisotopic (exact) mass is 317 g/mol. The average molecular weight is 317 g/mol. The normalized spacial score (nSPS) is 19.0. The fourth-order valence-electron chi connectivity index (χ4n) is 2.61. The van der Waals surface area contributed by atoms with Crippen molar-refractivity contribution in [1.29, 1.82) is 0 Å². The van der Waals surface area contributed by atoms with Crippen LogP contribution in [0.4, 0.5) is 0 Å². The number of methoxy groups -OCH3 is 1. The highest BCUT2D eigenvalue weighted by Crippen LogP contribution is 2.23. The predicted molar refractivity (Wildman–Crippen MR) is 87.4 cm³/mol. The Kier molecular flexibility index (Phi) is 5.27. The predicted octanol–water partition coefficient (Wildman–Crippen LogP) is 1.77. The molecule has 0 saturated carbocycles. The quantitative estimate of drug-likeness (QED) is 0.876. The molecule has 2 heterocycles. The fraction of sp³-hybridized carbons (Fsp3) is 0.471. The summed E-state index contributed by atoms with van der Waals surface area (Å²) in [5.74, 6) is 2.27. The average Bonchev–Trinajstić information content (AvgIpc) is 3.04. The van der Waals surface area contributed by atoms with Crippen LogP contribution in [0.1, 0.15) is 5.89 Å². The number of nitrogens with zero attached hydrogens (tertiary/aromatic N) is 2. The molecule has 1 N–H and O–H groups in total. The topological polar surface area (TPSA) is 59.8 Å². The summed E-state index contributed by atoms with van der Waals surface area (Å²) in [6.07, 6.45) is 1.98. The first kappa shape index (κ1) is 16.0. The van der Waals surface area contributed by atoms with Crippen molar-refractivity contribution in [3.63, 3.8) is 0 Å². The van der Waals surface area contributed by atoms with E-state index in [1.165, 1.54) is 0 Å². The van der Waals surface area contributed by atoms with Crippen molar-refractivity contribution in [2.24, 2.45) is 0 Å². The Bertz CT molecular complexity index is 612. The van der Waals surface area contributed by atoms with Gasteiger partial charge in [0.25, 0.3) is 0 Å². The third-order valence-electron chi connectivity index (χ3n) is 3.92. The minimum Gasteiger partial charge on any atom is -0.497 e. The zero-order chi connectivity index (χ0) is 16.1. The van der Waals surface area contributed by atoms with E-state index < -0.39 is 0 Å². The first-order valence-electron chi connectivity index (χ1n) is 7.84. The highest BCUT2D eigenvalue weighted by Gasteiger charge is 2.17. The molecule has 23 heavy (non-hydrogen) atoms. The molecule has 0 bridgehead atoms. The van der Waals surface area contributed by atoms with E-state index in [4.69, 9.17) is 13.9 Å². The molecular formula is C17H23N3O3. The van der Waals surface area contributed by atoms with E-state index >= 15 is 0 Å². The number of morpholine rings is 1. The lowest BCUT2D eigenvalue weighted by Gasteiger charge is -2.30. The molecule has 124 valence electrons. The molecule has 1 aromatic heterocycles. The van der Waals surface area contributed by atoms with E-state index in [0.717, 1.165) is 43.3 Å². The lowest BCUT2D eigenvalue weighted by molar-refractivity contribution is -0.0184. The van der Waals surface area contributed by atoms with E-state index in [1.807, 2.05) is 24.3 Å². The van der Waals surface area contributed by atoms with Crippen LogP contribution in [-0.2, 0) is 11.3 Å². The van der Waals surface area contributed by atoms with Crippen LogP contribution < -0.4 is 10.1 Å². The van der Waals surface area contributed by atoms with Crippen molar-refractivity contribution < 1.29 is 13.9 Å². The van der Waals surface area contributed by atoms with Gasteiger partial charge in [0, 0.05) is 25.2 Å². The lowest BCUT2D eigenvalue weighted by atomic mass is 10.2. The van der Waals surface area contributed by atoms with Gasteiger partial charge in [-0.2, -0.15) is 0 Å². The molecule has 0 radical (unpaired) electrons. The number of aromatic nitrogens is 1. The molecule has 0 aliphatic carbocycles. The van der Waals surface area contributed by atoms with Crippen LogP contribution in [0.15, 0.2) is 34.9 Å². The van der Waals surface area contributed by atoms with Gasteiger partial charge >= 0.3 is 0 Å². The lowest BCUT2D eigenvalue weighted by Crippen LogP contribution is -2.44. The Balaban J connectivity index is 1.50. The Morgan fingerprint density at radius 2 is 2.17 bits per heavy atom. The maximum Gasteiger partial charge on any atom is 0.208 e. The molecule has 0 unspecified atom stereocenters. The number of likely N-dealkylation sites (N-methyl/N-ethyl adjacent to an activating group) is 1. The molecule has 1 aliphatic rings. The van der Waals surface area contributed by atoms with Crippen LogP contribution in [-0.4, -0.2) is 56.4 Å². The molecule has 6 heteroatoms. The minimum atomic E-state index is 0.227. The van der Waals surface area contributed by atoms with Gasteiger partial charge in [-0.25, -0.2) is 4.98 Å². The molecule has 1 aliphatic heterocycles. The number of nitrogens with one attached hydrogen (secondary N) is 1. The number of hydrogen-bond acceptors (Lipinski definition) is 6. The first-order chi connectivity index (χ1) is 11.2. The summed E-state index contributed by atoms with van der Waals surface area (Å²) in [4.78, 5) is 6.60. The van der Waals surface area contributed by atoms with Crippen molar-refractivity contribution in [2.75, 3.05) is 40.4 Å². The minimum absolute atomic E-state index is 0.227. The summed E-state index contributed by atoms with van der Waals surface area (Å²) >= 11 is 0. The van der Waals surface area contributed by atoms with Crippen molar-refractivity contribution >= 4 is 0 Å². The van der Waals surface area contributed by atoms with Crippen LogP contribution in [0.25, 0.3) is 11.3 Å². The van der Waals surface area contributed by atoms with Gasteiger partial charge in [0.05, 0.1) is 32.6 Å². The summed E-state index contributed by atoms with van der Waals surface area (Å²) in [7, 11) is 3.77. The van der Waals surface area contributed by atoms with Crippen LogP contribution >= 0.6 is 0 Å². The van der Waals surface area contributed by atoms with Crippen LogP contribution in [0.5, 0.6) is 5.75 Å². The van der Waals surface area contributed by atoms with Crippen LogP contribution in [0.3, 0.4) is 0 Å². The second-order valence-corrected chi connectivity index (χ2v) is 5.73. The number of benzene rings is 1. The van der Waals surface area contributed by atoms with Gasteiger partial charge in [-0.3, -0.25) is 0 Å². The molecule has 1 fully saturated rings. The SMILES string of the molecule is COc1ccc(-c2cnc(CNC[C@@H]3CN(C)CCO3)o2)cc1.